The molecular weight excluding hydrogens is 324 g/mol. The Kier molecular flexibility index (Phi) is 5.26. The highest BCUT2D eigenvalue weighted by Crippen LogP contribution is 2.24. The summed E-state index contributed by atoms with van der Waals surface area (Å²) in [6.45, 7) is 2.64. The van der Waals surface area contributed by atoms with Crippen LogP contribution < -0.4 is 5.32 Å². The van der Waals surface area contributed by atoms with Gasteiger partial charge >= 0.3 is 0 Å². The van der Waals surface area contributed by atoms with Crippen molar-refractivity contribution in [3.63, 3.8) is 0 Å². The summed E-state index contributed by atoms with van der Waals surface area (Å²) < 4.78 is 28.5. The zero-order valence-corrected chi connectivity index (χ0v) is 12.8. The van der Waals surface area contributed by atoms with Crippen LogP contribution in [0, 0.1) is 11.6 Å². The van der Waals surface area contributed by atoms with E-state index < -0.39 is 0 Å². The highest BCUT2D eigenvalue weighted by atomic mass is 79.9. The summed E-state index contributed by atoms with van der Waals surface area (Å²) in [6.07, 6.45) is 0.411. The Balaban J connectivity index is 2.28. The standard InChI is InChI=1S/C16H16BrF2N/c1-2-20-16(13-5-3-4-6-14(13)18)9-11-7-8-12(17)10-15(11)19/h3-8,10,16,20H,2,9H2,1H3. The molecule has 20 heavy (non-hydrogen) atoms. The van der Waals surface area contributed by atoms with Crippen LogP contribution in [0.25, 0.3) is 0 Å². The van der Waals surface area contributed by atoms with Crippen molar-refractivity contribution in [2.24, 2.45) is 0 Å². The predicted octanol–water partition coefficient (Wildman–Crippen LogP) is 4.62. The first-order valence-corrected chi connectivity index (χ1v) is 7.33. The van der Waals surface area contributed by atoms with E-state index >= 15 is 0 Å². The first-order valence-electron chi connectivity index (χ1n) is 6.53. The Labute approximate surface area is 126 Å². The lowest BCUT2D eigenvalue weighted by Gasteiger charge is -2.19. The van der Waals surface area contributed by atoms with Gasteiger partial charge in [0.25, 0.3) is 0 Å². The normalized spacial score (nSPS) is 12.4. The van der Waals surface area contributed by atoms with Crippen LogP contribution in [0.2, 0.25) is 0 Å². The van der Waals surface area contributed by atoms with Crippen molar-refractivity contribution in [1.29, 1.82) is 0 Å². The molecule has 0 aliphatic heterocycles. The first-order chi connectivity index (χ1) is 9.61. The monoisotopic (exact) mass is 339 g/mol. The predicted molar refractivity (Wildman–Crippen MR) is 80.6 cm³/mol. The molecule has 0 amide bonds. The van der Waals surface area contributed by atoms with E-state index in [9.17, 15) is 8.78 Å². The van der Waals surface area contributed by atoms with E-state index in [0.29, 0.717) is 28.6 Å². The van der Waals surface area contributed by atoms with Gasteiger partial charge in [0.1, 0.15) is 11.6 Å². The summed E-state index contributed by atoms with van der Waals surface area (Å²) in [7, 11) is 0. The van der Waals surface area contributed by atoms with Gasteiger partial charge in [0.05, 0.1) is 0 Å². The van der Waals surface area contributed by atoms with Gasteiger partial charge in [-0.1, -0.05) is 47.1 Å². The van der Waals surface area contributed by atoms with Gasteiger partial charge in [0.15, 0.2) is 0 Å². The van der Waals surface area contributed by atoms with Crippen LogP contribution in [0.3, 0.4) is 0 Å². The number of rotatable bonds is 5. The van der Waals surface area contributed by atoms with Crippen molar-refractivity contribution in [3.05, 3.63) is 69.7 Å². The van der Waals surface area contributed by atoms with Crippen molar-refractivity contribution in [2.75, 3.05) is 6.54 Å². The molecule has 2 aromatic rings. The van der Waals surface area contributed by atoms with Crippen LogP contribution in [0.15, 0.2) is 46.9 Å². The molecule has 0 aromatic heterocycles. The average Bonchev–Trinajstić information content (AvgIpc) is 2.42. The summed E-state index contributed by atoms with van der Waals surface area (Å²) in [5, 5.41) is 3.21. The molecule has 0 heterocycles. The van der Waals surface area contributed by atoms with Gasteiger partial charge in [-0.2, -0.15) is 0 Å². The fourth-order valence-electron chi connectivity index (χ4n) is 2.20. The second-order valence-electron chi connectivity index (χ2n) is 4.57. The van der Waals surface area contributed by atoms with E-state index in [2.05, 4.69) is 21.2 Å². The average molecular weight is 340 g/mol. The van der Waals surface area contributed by atoms with E-state index in [4.69, 9.17) is 0 Å². The van der Waals surface area contributed by atoms with Crippen molar-refractivity contribution < 1.29 is 8.78 Å². The van der Waals surface area contributed by atoms with Gasteiger partial charge in [-0.3, -0.25) is 0 Å². The molecule has 1 unspecified atom stereocenters. The molecular formula is C16H16BrF2N. The molecule has 0 saturated carbocycles. The maximum atomic E-state index is 13.9. The summed E-state index contributed by atoms with van der Waals surface area (Å²) >= 11 is 3.23. The van der Waals surface area contributed by atoms with E-state index in [-0.39, 0.29) is 17.7 Å². The number of hydrogen-bond donors (Lipinski definition) is 1. The molecule has 0 fully saturated rings. The zero-order valence-electron chi connectivity index (χ0n) is 11.2. The van der Waals surface area contributed by atoms with Crippen LogP contribution in [0.4, 0.5) is 8.78 Å². The molecule has 0 spiro atoms. The van der Waals surface area contributed by atoms with Gasteiger partial charge < -0.3 is 5.32 Å². The van der Waals surface area contributed by atoms with E-state index in [0.717, 1.165) is 0 Å². The van der Waals surface area contributed by atoms with Crippen molar-refractivity contribution in [1.82, 2.24) is 5.32 Å². The third kappa shape index (κ3) is 3.64. The molecule has 0 radical (unpaired) electrons. The minimum absolute atomic E-state index is 0.239. The van der Waals surface area contributed by atoms with E-state index in [1.807, 2.05) is 6.92 Å². The molecule has 1 atom stereocenters. The van der Waals surface area contributed by atoms with Gasteiger partial charge in [-0.05, 0) is 36.7 Å². The van der Waals surface area contributed by atoms with Crippen LogP contribution in [0.1, 0.15) is 24.1 Å². The maximum Gasteiger partial charge on any atom is 0.127 e. The van der Waals surface area contributed by atoms with Crippen LogP contribution in [-0.2, 0) is 6.42 Å². The Morgan fingerprint density at radius 2 is 1.85 bits per heavy atom. The Morgan fingerprint density at radius 1 is 1.10 bits per heavy atom. The third-order valence-corrected chi connectivity index (χ3v) is 3.66. The summed E-state index contributed by atoms with van der Waals surface area (Å²) in [4.78, 5) is 0. The second kappa shape index (κ2) is 6.95. The number of likely N-dealkylation sites (N-methyl/N-ethyl adjacent to an activating group) is 1. The molecule has 4 heteroatoms. The Morgan fingerprint density at radius 3 is 2.50 bits per heavy atom. The van der Waals surface area contributed by atoms with Gasteiger partial charge in [0.2, 0.25) is 0 Å². The largest absolute Gasteiger partial charge is 0.310 e. The molecule has 0 bridgehead atoms. The van der Waals surface area contributed by atoms with E-state index in [1.165, 1.54) is 12.1 Å². The lowest BCUT2D eigenvalue weighted by molar-refractivity contribution is 0.498. The summed E-state index contributed by atoms with van der Waals surface area (Å²) in [5.74, 6) is -0.547. The summed E-state index contributed by atoms with van der Waals surface area (Å²) in [5.41, 5.74) is 1.14. The fraction of sp³-hybridized carbons (Fsp3) is 0.250. The van der Waals surface area contributed by atoms with Crippen LogP contribution >= 0.6 is 15.9 Å². The topological polar surface area (TPSA) is 12.0 Å². The Hall–Kier alpha value is -1.26. The molecule has 2 rings (SSSR count). The minimum Gasteiger partial charge on any atom is -0.310 e. The summed E-state index contributed by atoms with van der Waals surface area (Å²) in [6, 6.07) is 11.3. The third-order valence-electron chi connectivity index (χ3n) is 3.17. The van der Waals surface area contributed by atoms with Crippen molar-refractivity contribution >= 4 is 15.9 Å². The molecule has 1 N–H and O–H groups in total. The first kappa shape index (κ1) is 15.1. The smallest absolute Gasteiger partial charge is 0.127 e. The lowest BCUT2D eigenvalue weighted by atomic mass is 9.98. The number of halogens is 3. The van der Waals surface area contributed by atoms with Crippen molar-refractivity contribution in [2.45, 2.75) is 19.4 Å². The number of hydrogen-bond acceptors (Lipinski definition) is 1. The van der Waals surface area contributed by atoms with Gasteiger partial charge in [-0.25, -0.2) is 8.78 Å². The second-order valence-corrected chi connectivity index (χ2v) is 5.49. The van der Waals surface area contributed by atoms with Crippen LogP contribution in [-0.4, -0.2) is 6.54 Å². The quantitative estimate of drug-likeness (QED) is 0.837. The molecule has 0 aliphatic carbocycles. The lowest BCUT2D eigenvalue weighted by Crippen LogP contribution is -2.24. The Bertz CT molecular complexity index is 586. The molecule has 106 valence electrons. The maximum absolute atomic E-state index is 13.9. The molecule has 1 nitrogen and oxygen atoms in total. The van der Waals surface area contributed by atoms with Gasteiger partial charge in [0, 0.05) is 16.1 Å². The highest BCUT2D eigenvalue weighted by Gasteiger charge is 2.16. The molecule has 0 saturated heterocycles. The van der Waals surface area contributed by atoms with E-state index in [1.54, 1.807) is 30.3 Å². The SMILES string of the molecule is CCNC(Cc1ccc(Br)cc1F)c1ccccc1F. The number of benzene rings is 2. The zero-order chi connectivity index (χ0) is 14.5. The number of nitrogens with one attached hydrogen (secondary N) is 1. The fourth-order valence-corrected chi connectivity index (χ4v) is 2.54. The molecule has 2 aromatic carbocycles. The van der Waals surface area contributed by atoms with Crippen LogP contribution in [0.5, 0.6) is 0 Å². The molecule has 0 aliphatic rings. The van der Waals surface area contributed by atoms with Gasteiger partial charge in [-0.15, -0.1) is 0 Å². The minimum atomic E-state index is -0.279. The highest BCUT2D eigenvalue weighted by molar-refractivity contribution is 9.10. The van der Waals surface area contributed by atoms with Crippen molar-refractivity contribution in [3.8, 4) is 0 Å².